The number of benzene rings is 1. The second-order valence-electron chi connectivity index (χ2n) is 6.16. The van der Waals surface area contributed by atoms with E-state index in [-0.39, 0.29) is 29.2 Å². The molecule has 1 aromatic heterocycles. The van der Waals surface area contributed by atoms with Crippen molar-refractivity contribution in [1.82, 2.24) is 15.3 Å². The zero-order valence-corrected chi connectivity index (χ0v) is 15.9. The van der Waals surface area contributed by atoms with E-state index in [2.05, 4.69) is 34.3 Å². The van der Waals surface area contributed by atoms with Crippen LogP contribution < -0.4 is 10.9 Å². The van der Waals surface area contributed by atoms with Crippen molar-refractivity contribution < 1.29 is 4.79 Å². The molecule has 5 nitrogen and oxygen atoms in total. The van der Waals surface area contributed by atoms with E-state index in [1.165, 1.54) is 17.3 Å². The fourth-order valence-corrected chi connectivity index (χ4v) is 3.37. The monoisotopic (exact) mass is 359 g/mol. The quantitative estimate of drug-likeness (QED) is 0.587. The first-order valence-corrected chi connectivity index (χ1v) is 9.39. The summed E-state index contributed by atoms with van der Waals surface area (Å²) in [5, 5.41) is 3.62. The Morgan fingerprint density at radius 3 is 2.56 bits per heavy atom. The van der Waals surface area contributed by atoms with Crippen LogP contribution in [0.2, 0.25) is 0 Å². The number of nitrogens with zero attached hydrogens (tertiary/aromatic N) is 1. The zero-order valence-electron chi connectivity index (χ0n) is 15.1. The van der Waals surface area contributed by atoms with Gasteiger partial charge in [-0.2, -0.15) is 0 Å². The molecule has 2 rings (SSSR count). The molecule has 0 radical (unpaired) electrons. The van der Waals surface area contributed by atoms with Gasteiger partial charge in [0.25, 0.3) is 5.56 Å². The van der Waals surface area contributed by atoms with Gasteiger partial charge >= 0.3 is 0 Å². The lowest BCUT2D eigenvalue weighted by Crippen LogP contribution is -2.35. The van der Waals surface area contributed by atoms with Gasteiger partial charge in [0, 0.05) is 22.5 Å². The van der Waals surface area contributed by atoms with Gasteiger partial charge in [0.15, 0.2) is 5.16 Å². The van der Waals surface area contributed by atoms with E-state index in [0.717, 1.165) is 6.42 Å². The molecule has 2 N–H and O–H groups in total. The zero-order chi connectivity index (χ0) is 18.4. The van der Waals surface area contributed by atoms with Gasteiger partial charge in [-0.25, -0.2) is 4.98 Å². The van der Waals surface area contributed by atoms with Crippen molar-refractivity contribution in [3.8, 4) is 0 Å². The molecular formula is C19H25N3O2S. The minimum Gasteiger partial charge on any atom is -0.353 e. The highest BCUT2D eigenvalue weighted by Gasteiger charge is 2.15. The van der Waals surface area contributed by atoms with Crippen molar-refractivity contribution in [3.05, 3.63) is 57.5 Å². The number of amides is 1. The number of aromatic amines is 1. The van der Waals surface area contributed by atoms with Crippen molar-refractivity contribution in [2.24, 2.45) is 0 Å². The van der Waals surface area contributed by atoms with Crippen molar-refractivity contribution in [1.29, 1.82) is 0 Å². The lowest BCUT2D eigenvalue weighted by Gasteiger charge is -2.13. The number of hydrogen-bond donors (Lipinski definition) is 2. The van der Waals surface area contributed by atoms with Gasteiger partial charge in [0.2, 0.25) is 5.91 Å². The maximum Gasteiger partial charge on any atom is 0.255 e. The predicted molar refractivity (Wildman–Crippen MR) is 102 cm³/mol. The van der Waals surface area contributed by atoms with Gasteiger partial charge in [0.1, 0.15) is 0 Å². The highest BCUT2D eigenvalue weighted by molar-refractivity contribution is 7.99. The average molecular weight is 359 g/mol. The topological polar surface area (TPSA) is 74.8 Å². The van der Waals surface area contributed by atoms with Crippen LogP contribution >= 0.6 is 11.8 Å². The minimum absolute atomic E-state index is 0.0533. The molecule has 1 amide bonds. The van der Waals surface area contributed by atoms with E-state index in [9.17, 15) is 9.59 Å². The Labute approximate surface area is 152 Å². The molecule has 0 aliphatic carbocycles. The molecule has 2 aromatic rings. The third kappa shape index (κ3) is 5.46. The smallest absolute Gasteiger partial charge is 0.255 e. The minimum atomic E-state index is -0.241. The predicted octanol–water partition coefficient (Wildman–Crippen LogP) is 3.39. The maximum atomic E-state index is 12.4. The first-order valence-electron chi connectivity index (χ1n) is 8.51. The summed E-state index contributed by atoms with van der Waals surface area (Å²) in [4.78, 5) is 31.7. The van der Waals surface area contributed by atoms with Crippen molar-refractivity contribution in [2.75, 3.05) is 0 Å². The van der Waals surface area contributed by atoms with Crippen molar-refractivity contribution in [2.45, 2.75) is 57.0 Å². The lowest BCUT2D eigenvalue weighted by atomic mass is 10.1. The first kappa shape index (κ1) is 19.2. The second-order valence-corrected chi connectivity index (χ2v) is 7.49. The Morgan fingerprint density at radius 1 is 1.28 bits per heavy atom. The highest BCUT2D eigenvalue weighted by Crippen LogP contribution is 2.32. The van der Waals surface area contributed by atoms with Crippen LogP contribution in [-0.2, 0) is 11.2 Å². The summed E-state index contributed by atoms with van der Waals surface area (Å²) in [7, 11) is 0. The van der Waals surface area contributed by atoms with Crippen LogP contribution in [0.25, 0.3) is 0 Å². The Morgan fingerprint density at radius 2 is 1.96 bits per heavy atom. The molecular weight excluding hydrogens is 334 g/mol. The fourth-order valence-electron chi connectivity index (χ4n) is 2.40. The summed E-state index contributed by atoms with van der Waals surface area (Å²) in [6.45, 7) is 7.80. The Balaban J connectivity index is 2.12. The van der Waals surface area contributed by atoms with E-state index < -0.39 is 0 Å². The largest absolute Gasteiger partial charge is 0.353 e. The third-order valence-corrected chi connectivity index (χ3v) is 5.16. The van der Waals surface area contributed by atoms with Crippen LogP contribution in [0.3, 0.4) is 0 Å². The Hall–Kier alpha value is -2.08. The molecule has 0 aliphatic rings. The number of aryl methyl sites for hydroxylation is 1. The van der Waals surface area contributed by atoms with Crippen LogP contribution in [0.5, 0.6) is 0 Å². The third-order valence-electron chi connectivity index (χ3n) is 4.12. The molecule has 0 bridgehead atoms. The molecule has 0 aliphatic heterocycles. The van der Waals surface area contributed by atoms with Crippen molar-refractivity contribution >= 4 is 17.7 Å². The Kier molecular flexibility index (Phi) is 6.82. The number of nitrogens with one attached hydrogen (secondary N) is 2. The molecule has 0 spiro atoms. The first-order chi connectivity index (χ1) is 11.9. The summed E-state index contributed by atoms with van der Waals surface area (Å²) >= 11 is 1.50. The van der Waals surface area contributed by atoms with Gasteiger partial charge in [-0.05, 0) is 32.8 Å². The number of hydrogen-bond acceptors (Lipinski definition) is 4. The number of H-pyrrole nitrogens is 1. The van der Waals surface area contributed by atoms with E-state index in [1.54, 1.807) is 6.92 Å². The molecule has 2 unspecified atom stereocenters. The average Bonchev–Trinajstić information content (AvgIpc) is 2.58. The SMILES string of the molecule is CCC(C)NC(=O)Cc1c(C)nc(SC(C)c2ccccc2)[nH]c1=O. The second kappa shape index (κ2) is 8.85. The van der Waals surface area contributed by atoms with Gasteiger partial charge < -0.3 is 10.3 Å². The number of rotatable bonds is 7. The molecule has 0 saturated carbocycles. The van der Waals surface area contributed by atoms with Crippen LogP contribution in [0.4, 0.5) is 0 Å². The van der Waals surface area contributed by atoms with E-state index >= 15 is 0 Å². The van der Waals surface area contributed by atoms with Crippen LogP contribution in [0, 0.1) is 6.92 Å². The van der Waals surface area contributed by atoms with E-state index in [0.29, 0.717) is 16.4 Å². The Bertz CT molecular complexity index is 774. The molecule has 0 saturated heterocycles. The maximum absolute atomic E-state index is 12.4. The molecule has 134 valence electrons. The normalized spacial score (nSPS) is 13.3. The number of carbonyl (C=O) groups excluding carboxylic acids is 1. The summed E-state index contributed by atoms with van der Waals surface area (Å²) in [5.41, 5.74) is 1.96. The van der Waals surface area contributed by atoms with Gasteiger partial charge in [-0.1, -0.05) is 49.0 Å². The van der Waals surface area contributed by atoms with E-state index in [1.807, 2.05) is 32.0 Å². The van der Waals surface area contributed by atoms with Gasteiger partial charge in [0.05, 0.1) is 6.42 Å². The molecule has 0 fully saturated rings. The molecule has 2 atom stereocenters. The van der Waals surface area contributed by atoms with Gasteiger partial charge in [-0.15, -0.1) is 0 Å². The summed E-state index contributed by atoms with van der Waals surface area (Å²) in [5.74, 6) is -0.150. The lowest BCUT2D eigenvalue weighted by molar-refractivity contribution is -0.121. The van der Waals surface area contributed by atoms with Crippen LogP contribution in [0.1, 0.15) is 49.3 Å². The molecule has 1 heterocycles. The summed E-state index contributed by atoms with van der Waals surface area (Å²) in [6, 6.07) is 10.2. The van der Waals surface area contributed by atoms with Crippen LogP contribution in [0.15, 0.2) is 40.3 Å². The number of thioether (sulfide) groups is 1. The standard InChI is InChI=1S/C19H25N3O2S/c1-5-12(2)20-17(23)11-16-13(3)21-19(22-18(16)24)25-14(4)15-9-7-6-8-10-15/h6-10,12,14H,5,11H2,1-4H3,(H,20,23)(H,21,22,24). The fraction of sp³-hybridized carbons (Fsp3) is 0.421. The number of carbonyl (C=O) groups is 1. The highest BCUT2D eigenvalue weighted by atomic mass is 32.2. The van der Waals surface area contributed by atoms with Crippen molar-refractivity contribution in [3.63, 3.8) is 0 Å². The van der Waals surface area contributed by atoms with Crippen LogP contribution in [-0.4, -0.2) is 21.9 Å². The molecule has 1 aromatic carbocycles. The summed E-state index contributed by atoms with van der Waals surface area (Å²) < 4.78 is 0. The molecule has 25 heavy (non-hydrogen) atoms. The van der Waals surface area contributed by atoms with E-state index in [4.69, 9.17) is 0 Å². The summed E-state index contributed by atoms with van der Waals surface area (Å²) in [6.07, 6.45) is 0.907. The number of aromatic nitrogens is 2. The van der Waals surface area contributed by atoms with Gasteiger partial charge in [-0.3, -0.25) is 9.59 Å². The molecule has 6 heteroatoms.